The number of amides is 1. The monoisotopic (exact) mass is 281 g/mol. The number of carbonyl (C=O) groups excluding carboxylic acids is 1. The molecule has 1 aliphatic carbocycles. The summed E-state index contributed by atoms with van der Waals surface area (Å²) in [5, 5.41) is 11.2. The van der Waals surface area contributed by atoms with Gasteiger partial charge in [-0.2, -0.15) is 0 Å². The van der Waals surface area contributed by atoms with Crippen LogP contribution in [0.1, 0.15) is 18.9 Å². The molecule has 1 amide bonds. The Morgan fingerprint density at radius 2 is 2.25 bits per heavy atom. The van der Waals surface area contributed by atoms with E-state index in [1.165, 1.54) is 12.1 Å². The fourth-order valence-corrected chi connectivity index (χ4v) is 2.01. The first kappa shape index (κ1) is 14.5. The van der Waals surface area contributed by atoms with Crippen molar-refractivity contribution in [2.24, 2.45) is 5.92 Å². The Bertz CT molecular complexity index is 532. The molecule has 2 N–H and O–H groups in total. The number of carboxylic acids is 1. The minimum absolute atomic E-state index is 0.0452. The molecular weight excluding hydrogens is 265 g/mol. The third-order valence-electron chi connectivity index (χ3n) is 3.11. The molecule has 5 nitrogen and oxygen atoms in total. The maximum absolute atomic E-state index is 13.6. The topological polar surface area (TPSA) is 75.6 Å². The molecule has 0 heterocycles. The summed E-state index contributed by atoms with van der Waals surface area (Å²) < 4.78 is 18.9. The summed E-state index contributed by atoms with van der Waals surface area (Å²) in [5.41, 5.74) is 0.415. The standard InChI is InChI=1S/C14H16FNO4/c1-2-20-12-7-10(12)14(19)16-9-4-3-8(5-13(17)18)11(15)6-9/h3-4,6,10,12H,2,5,7H2,1H3,(H,16,19)(H,17,18). The number of hydrogen-bond donors (Lipinski definition) is 2. The van der Waals surface area contributed by atoms with Crippen molar-refractivity contribution in [3.05, 3.63) is 29.6 Å². The van der Waals surface area contributed by atoms with Crippen molar-refractivity contribution in [1.29, 1.82) is 0 Å². The number of anilines is 1. The maximum atomic E-state index is 13.6. The molecule has 0 aliphatic heterocycles. The van der Waals surface area contributed by atoms with Crippen LogP contribution >= 0.6 is 0 Å². The molecular formula is C14H16FNO4. The van der Waals surface area contributed by atoms with E-state index in [2.05, 4.69) is 5.32 Å². The molecule has 0 saturated heterocycles. The number of benzene rings is 1. The van der Waals surface area contributed by atoms with Gasteiger partial charge >= 0.3 is 5.97 Å². The second-order valence-electron chi connectivity index (χ2n) is 4.70. The van der Waals surface area contributed by atoms with Crippen LogP contribution in [0.3, 0.4) is 0 Å². The number of halogens is 1. The fourth-order valence-electron chi connectivity index (χ4n) is 2.01. The first-order valence-corrected chi connectivity index (χ1v) is 6.44. The predicted octanol–water partition coefficient (Wildman–Crippen LogP) is 1.82. The van der Waals surface area contributed by atoms with E-state index in [4.69, 9.17) is 9.84 Å². The van der Waals surface area contributed by atoms with E-state index in [1.54, 1.807) is 0 Å². The summed E-state index contributed by atoms with van der Waals surface area (Å²) in [6, 6.07) is 4.00. The minimum Gasteiger partial charge on any atom is -0.481 e. The third kappa shape index (κ3) is 3.54. The second kappa shape index (κ2) is 6.00. The van der Waals surface area contributed by atoms with E-state index in [1.807, 2.05) is 6.92 Å². The van der Waals surface area contributed by atoms with E-state index >= 15 is 0 Å². The van der Waals surface area contributed by atoms with Crippen LogP contribution in [0, 0.1) is 11.7 Å². The van der Waals surface area contributed by atoms with Crippen LogP contribution in [0.4, 0.5) is 10.1 Å². The van der Waals surface area contributed by atoms with Gasteiger partial charge in [-0.3, -0.25) is 9.59 Å². The van der Waals surface area contributed by atoms with Gasteiger partial charge in [0.1, 0.15) is 5.82 Å². The van der Waals surface area contributed by atoms with Crippen molar-refractivity contribution in [3.8, 4) is 0 Å². The first-order chi connectivity index (χ1) is 9.51. The second-order valence-corrected chi connectivity index (χ2v) is 4.70. The van der Waals surface area contributed by atoms with Crippen LogP contribution in [0.15, 0.2) is 18.2 Å². The molecule has 0 radical (unpaired) electrons. The molecule has 2 atom stereocenters. The highest BCUT2D eigenvalue weighted by atomic mass is 19.1. The molecule has 0 aromatic heterocycles. The van der Waals surface area contributed by atoms with Gasteiger partial charge in [-0.05, 0) is 31.0 Å². The van der Waals surface area contributed by atoms with Crippen LogP contribution in [-0.2, 0) is 20.7 Å². The van der Waals surface area contributed by atoms with Crippen molar-refractivity contribution in [1.82, 2.24) is 0 Å². The highest BCUT2D eigenvalue weighted by Crippen LogP contribution is 2.34. The summed E-state index contributed by atoms with van der Waals surface area (Å²) in [5.74, 6) is -2.12. The molecule has 6 heteroatoms. The number of aliphatic carboxylic acids is 1. The summed E-state index contributed by atoms with van der Waals surface area (Å²) in [7, 11) is 0. The van der Waals surface area contributed by atoms with Crippen molar-refractivity contribution < 1.29 is 23.8 Å². The van der Waals surface area contributed by atoms with E-state index in [-0.39, 0.29) is 29.9 Å². The van der Waals surface area contributed by atoms with Gasteiger partial charge in [0.25, 0.3) is 0 Å². The van der Waals surface area contributed by atoms with Crippen LogP contribution in [0.5, 0.6) is 0 Å². The molecule has 1 aromatic rings. The van der Waals surface area contributed by atoms with Gasteiger partial charge in [0, 0.05) is 12.3 Å². The van der Waals surface area contributed by atoms with Gasteiger partial charge in [0.2, 0.25) is 5.91 Å². The number of carboxylic acid groups (broad SMARTS) is 1. The lowest BCUT2D eigenvalue weighted by Crippen LogP contribution is -2.17. The van der Waals surface area contributed by atoms with E-state index in [0.717, 1.165) is 6.07 Å². The molecule has 2 unspecified atom stereocenters. The Morgan fingerprint density at radius 1 is 1.50 bits per heavy atom. The highest BCUT2D eigenvalue weighted by molar-refractivity contribution is 5.94. The summed E-state index contributed by atoms with van der Waals surface area (Å²) >= 11 is 0. The molecule has 108 valence electrons. The largest absolute Gasteiger partial charge is 0.481 e. The highest BCUT2D eigenvalue weighted by Gasteiger charge is 2.43. The Balaban J connectivity index is 1.95. The van der Waals surface area contributed by atoms with Crippen LogP contribution in [-0.4, -0.2) is 29.7 Å². The molecule has 1 fully saturated rings. The van der Waals surface area contributed by atoms with Crippen LogP contribution in [0.25, 0.3) is 0 Å². The lowest BCUT2D eigenvalue weighted by Gasteiger charge is -2.07. The fraction of sp³-hybridized carbons (Fsp3) is 0.429. The van der Waals surface area contributed by atoms with Crippen molar-refractivity contribution in [2.75, 3.05) is 11.9 Å². The molecule has 0 bridgehead atoms. The van der Waals surface area contributed by atoms with E-state index < -0.39 is 11.8 Å². The molecule has 1 aliphatic rings. The summed E-state index contributed by atoms with van der Waals surface area (Å²) in [4.78, 5) is 22.4. The van der Waals surface area contributed by atoms with Crippen molar-refractivity contribution >= 4 is 17.6 Å². The zero-order chi connectivity index (χ0) is 14.7. The maximum Gasteiger partial charge on any atom is 0.307 e. The van der Waals surface area contributed by atoms with E-state index in [0.29, 0.717) is 18.7 Å². The Morgan fingerprint density at radius 3 is 2.85 bits per heavy atom. The summed E-state index contributed by atoms with van der Waals surface area (Å²) in [6.45, 7) is 2.43. The van der Waals surface area contributed by atoms with Crippen LogP contribution in [0.2, 0.25) is 0 Å². The number of carbonyl (C=O) groups is 2. The molecule has 0 spiro atoms. The first-order valence-electron chi connectivity index (χ1n) is 6.44. The molecule has 1 aromatic carbocycles. The Hall–Kier alpha value is -1.95. The quantitative estimate of drug-likeness (QED) is 0.834. The lowest BCUT2D eigenvalue weighted by atomic mass is 10.1. The average molecular weight is 281 g/mol. The number of hydrogen-bond acceptors (Lipinski definition) is 3. The predicted molar refractivity (Wildman–Crippen MR) is 69.9 cm³/mol. The molecule has 20 heavy (non-hydrogen) atoms. The van der Waals surface area contributed by atoms with Gasteiger partial charge in [-0.15, -0.1) is 0 Å². The number of rotatable bonds is 6. The number of ether oxygens (including phenoxy) is 1. The van der Waals surface area contributed by atoms with Crippen molar-refractivity contribution in [2.45, 2.75) is 25.9 Å². The zero-order valence-corrected chi connectivity index (χ0v) is 11.1. The van der Waals surface area contributed by atoms with Crippen LogP contribution < -0.4 is 5.32 Å². The smallest absolute Gasteiger partial charge is 0.307 e. The lowest BCUT2D eigenvalue weighted by molar-refractivity contribution is -0.136. The Kier molecular flexibility index (Phi) is 4.34. The Labute approximate surface area is 115 Å². The van der Waals surface area contributed by atoms with Crippen molar-refractivity contribution in [3.63, 3.8) is 0 Å². The van der Waals surface area contributed by atoms with Gasteiger partial charge in [0.15, 0.2) is 0 Å². The zero-order valence-electron chi connectivity index (χ0n) is 11.1. The number of nitrogens with one attached hydrogen (secondary N) is 1. The van der Waals surface area contributed by atoms with Gasteiger partial charge in [-0.1, -0.05) is 6.07 Å². The summed E-state index contributed by atoms with van der Waals surface area (Å²) in [6.07, 6.45) is 0.255. The molecule has 2 rings (SSSR count). The SMILES string of the molecule is CCOC1CC1C(=O)Nc1ccc(CC(=O)O)c(F)c1. The van der Waals surface area contributed by atoms with Gasteiger partial charge in [-0.25, -0.2) is 4.39 Å². The minimum atomic E-state index is -1.10. The average Bonchev–Trinajstić information content (AvgIpc) is 3.12. The van der Waals surface area contributed by atoms with Gasteiger partial charge in [0.05, 0.1) is 18.4 Å². The van der Waals surface area contributed by atoms with E-state index in [9.17, 15) is 14.0 Å². The normalized spacial score (nSPS) is 20.5. The third-order valence-corrected chi connectivity index (χ3v) is 3.11. The van der Waals surface area contributed by atoms with Gasteiger partial charge < -0.3 is 15.2 Å². The molecule has 1 saturated carbocycles.